The Bertz CT molecular complexity index is 793. The first-order chi connectivity index (χ1) is 13.2. The first kappa shape index (κ1) is 17.4. The molecule has 0 spiro atoms. The molecule has 3 amide bonds. The lowest BCUT2D eigenvalue weighted by atomic mass is 10.3. The molecule has 2 aliphatic rings. The Morgan fingerprint density at radius 3 is 2.41 bits per heavy atom. The van der Waals surface area contributed by atoms with Gasteiger partial charge in [0.1, 0.15) is 0 Å². The number of nitrogens with one attached hydrogen (secondary N) is 1. The summed E-state index contributed by atoms with van der Waals surface area (Å²) in [6.07, 6.45) is 5.54. The Morgan fingerprint density at radius 1 is 0.963 bits per heavy atom. The summed E-state index contributed by atoms with van der Waals surface area (Å²) >= 11 is 0. The number of furan rings is 1. The van der Waals surface area contributed by atoms with Crippen LogP contribution in [0.25, 0.3) is 0 Å². The molecule has 0 aromatic carbocycles. The lowest BCUT2D eigenvalue weighted by Crippen LogP contribution is -2.51. The average Bonchev–Trinajstić information content (AvgIpc) is 3.42. The van der Waals surface area contributed by atoms with Gasteiger partial charge in [-0.1, -0.05) is 0 Å². The van der Waals surface area contributed by atoms with Crippen LogP contribution in [0.2, 0.25) is 0 Å². The van der Waals surface area contributed by atoms with E-state index >= 15 is 0 Å². The zero-order chi connectivity index (χ0) is 18.6. The fourth-order valence-electron chi connectivity index (χ4n) is 3.54. The van der Waals surface area contributed by atoms with Crippen LogP contribution in [0.4, 0.5) is 16.3 Å². The molecule has 2 aliphatic heterocycles. The molecule has 2 aromatic heterocycles. The van der Waals surface area contributed by atoms with E-state index in [9.17, 15) is 9.59 Å². The Balaban J connectivity index is 1.36. The van der Waals surface area contributed by atoms with Crippen molar-refractivity contribution in [2.45, 2.75) is 12.8 Å². The molecule has 8 heteroatoms. The van der Waals surface area contributed by atoms with Gasteiger partial charge in [0, 0.05) is 45.5 Å². The Kier molecular flexibility index (Phi) is 4.95. The first-order valence-corrected chi connectivity index (χ1v) is 9.31. The van der Waals surface area contributed by atoms with E-state index in [1.807, 2.05) is 12.1 Å². The average molecular weight is 369 g/mol. The Morgan fingerprint density at radius 2 is 1.70 bits per heavy atom. The SMILES string of the molecule is O=C(Nc1cccnc1N1CCCC1)N1CCN(C(=O)c2ccco2)CC1. The molecular weight excluding hydrogens is 346 g/mol. The van der Waals surface area contributed by atoms with Crippen LogP contribution in [-0.4, -0.2) is 66.0 Å². The molecule has 2 saturated heterocycles. The van der Waals surface area contributed by atoms with Crippen LogP contribution < -0.4 is 10.2 Å². The summed E-state index contributed by atoms with van der Waals surface area (Å²) < 4.78 is 5.17. The van der Waals surface area contributed by atoms with Crippen LogP contribution in [0.15, 0.2) is 41.1 Å². The van der Waals surface area contributed by atoms with E-state index in [4.69, 9.17) is 4.42 Å². The first-order valence-electron chi connectivity index (χ1n) is 9.31. The van der Waals surface area contributed by atoms with Gasteiger partial charge in [-0.05, 0) is 37.1 Å². The van der Waals surface area contributed by atoms with Gasteiger partial charge in [0.2, 0.25) is 0 Å². The summed E-state index contributed by atoms with van der Waals surface area (Å²) in [6, 6.07) is 6.91. The van der Waals surface area contributed by atoms with Gasteiger partial charge in [-0.2, -0.15) is 0 Å². The van der Waals surface area contributed by atoms with Gasteiger partial charge in [-0.15, -0.1) is 0 Å². The summed E-state index contributed by atoms with van der Waals surface area (Å²) in [6.45, 7) is 3.87. The highest BCUT2D eigenvalue weighted by molar-refractivity contribution is 5.93. The zero-order valence-electron chi connectivity index (χ0n) is 15.1. The van der Waals surface area contributed by atoms with E-state index in [1.54, 1.807) is 28.1 Å². The number of hydrogen-bond acceptors (Lipinski definition) is 5. The molecule has 4 heterocycles. The molecule has 0 unspecified atom stereocenters. The van der Waals surface area contributed by atoms with Crippen LogP contribution in [0.1, 0.15) is 23.4 Å². The van der Waals surface area contributed by atoms with E-state index in [0.29, 0.717) is 31.9 Å². The number of carbonyl (C=O) groups excluding carboxylic acids is 2. The molecule has 0 radical (unpaired) electrons. The van der Waals surface area contributed by atoms with E-state index < -0.39 is 0 Å². The van der Waals surface area contributed by atoms with E-state index in [1.165, 1.54) is 6.26 Å². The van der Waals surface area contributed by atoms with Gasteiger partial charge in [-0.25, -0.2) is 9.78 Å². The summed E-state index contributed by atoms with van der Waals surface area (Å²) in [5.74, 6) is 1.03. The molecule has 142 valence electrons. The van der Waals surface area contributed by atoms with Crippen LogP contribution in [-0.2, 0) is 0 Å². The van der Waals surface area contributed by atoms with Crippen LogP contribution in [0.3, 0.4) is 0 Å². The largest absolute Gasteiger partial charge is 0.459 e. The van der Waals surface area contributed by atoms with Crippen molar-refractivity contribution in [3.05, 3.63) is 42.5 Å². The van der Waals surface area contributed by atoms with Crippen molar-refractivity contribution >= 4 is 23.4 Å². The number of urea groups is 1. The maximum absolute atomic E-state index is 12.7. The minimum atomic E-state index is -0.159. The maximum atomic E-state index is 12.7. The van der Waals surface area contributed by atoms with E-state index in [-0.39, 0.29) is 11.9 Å². The number of rotatable bonds is 3. The number of anilines is 2. The van der Waals surface area contributed by atoms with Crippen LogP contribution in [0.5, 0.6) is 0 Å². The molecule has 2 fully saturated rings. The topological polar surface area (TPSA) is 81.9 Å². The third kappa shape index (κ3) is 3.74. The highest BCUT2D eigenvalue weighted by Gasteiger charge is 2.27. The Hall–Kier alpha value is -3.03. The molecule has 0 bridgehead atoms. The molecule has 2 aromatic rings. The van der Waals surface area contributed by atoms with Crippen molar-refractivity contribution in [1.82, 2.24) is 14.8 Å². The molecule has 4 rings (SSSR count). The smallest absolute Gasteiger partial charge is 0.322 e. The Labute approximate surface area is 157 Å². The van der Waals surface area contributed by atoms with E-state index in [2.05, 4.69) is 15.2 Å². The normalized spacial score (nSPS) is 17.3. The lowest BCUT2D eigenvalue weighted by Gasteiger charge is -2.34. The molecule has 8 nitrogen and oxygen atoms in total. The molecule has 27 heavy (non-hydrogen) atoms. The lowest BCUT2D eigenvalue weighted by molar-refractivity contribution is 0.0640. The van der Waals surface area contributed by atoms with Gasteiger partial charge in [-0.3, -0.25) is 4.79 Å². The number of hydrogen-bond donors (Lipinski definition) is 1. The molecular formula is C19H23N5O3. The van der Waals surface area contributed by atoms with Gasteiger partial charge in [0.25, 0.3) is 5.91 Å². The van der Waals surface area contributed by atoms with Gasteiger partial charge in [0.15, 0.2) is 11.6 Å². The van der Waals surface area contributed by atoms with Gasteiger partial charge < -0.3 is 24.4 Å². The minimum absolute atomic E-state index is 0.136. The third-order valence-corrected chi connectivity index (χ3v) is 5.02. The number of pyridine rings is 1. The van der Waals surface area contributed by atoms with Crippen molar-refractivity contribution in [3.63, 3.8) is 0 Å². The second kappa shape index (κ2) is 7.69. The maximum Gasteiger partial charge on any atom is 0.322 e. The van der Waals surface area contributed by atoms with Gasteiger partial charge >= 0.3 is 6.03 Å². The van der Waals surface area contributed by atoms with Crippen molar-refractivity contribution < 1.29 is 14.0 Å². The molecule has 1 N–H and O–H groups in total. The summed E-state index contributed by atoms with van der Waals surface area (Å²) in [5, 5.41) is 2.99. The third-order valence-electron chi connectivity index (χ3n) is 5.02. The monoisotopic (exact) mass is 369 g/mol. The van der Waals surface area contributed by atoms with Crippen LogP contribution in [0, 0.1) is 0 Å². The van der Waals surface area contributed by atoms with Crippen molar-refractivity contribution in [2.75, 3.05) is 49.5 Å². The predicted molar refractivity (Wildman–Crippen MR) is 101 cm³/mol. The summed E-state index contributed by atoms with van der Waals surface area (Å²) in [5.41, 5.74) is 0.735. The number of piperazine rings is 1. The predicted octanol–water partition coefficient (Wildman–Crippen LogP) is 2.26. The fraction of sp³-hybridized carbons (Fsp3) is 0.421. The minimum Gasteiger partial charge on any atom is -0.459 e. The molecule has 0 aliphatic carbocycles. The number of carbonyl (C=O) groups is 2. The summed E-state index contributed by atoms with van der Waals surface area (Å²) in [7, 11) is 0. The second-order valence-electron chi connectivity index (χ2n) is 6.76. The van der Waals surface area contributed by atoms with E-state index in [0.717, 1.165) is 37.4 Å². The number of aromatic nitrogens is 1. The highest BCUT2D eigenvalue weighted by Crippen LogP contribution is 2.26. The standard InChI is InChI=1S/C19H23N5O3/c25-18(16-6-4-14-27-16)23-10-12-24(13-11-23)19(26)21-15-5-3-7-20-17(15)22-8-1-2-9-22/h3-7,14H,1-2,8-13H2,(H,21,26). The van der Waals surface area contributed by atoms with Gasteiger partial charge in [0.05, 0.1) is 12.0 Å². The quantitative estimate of drug-likeness (QED) is 0.897. The number of nitrogens with zero attached hydrogens (tertiary/aromatic N) is 4. The zero-order valence-corrected chi connectivity index (χ0v) is 15.1. The number of amides is 3. The highest BCUT2D eigenvalue weighted by atomic mass is 16.3. The molecule has 0 atom stereocenters. The molecule has 0 saturated carbocycles. The van der Waals surface area contributed by atoms with Crippen molar-refractivity contribution in [1.29, 1.82) is 0 Å². The van der Waals surface area contributed by atoms with Crippen molar-refractivity contribution in [2.24, 2.45) is 0 Å². The summed E-state index contributed by atoms with van der Waals surface area (Å²) in [4.78, 5) is 35.1. The van der Waals surface area contributed by atoms with Crippen LogP contribution >= 0.6 is 0 Å². The fourth-order valence-corrected chi connectivity index (χ4v) is 3.54. The second-order valence-corrected chi connectivity index (χ2v) is 6.76. The van der Waals surface area contributed by atoms with Crippen molar-refractivity contribution in [3.8, 4) is 0 Å².